The number of anilines is 2. The maximum absolute atomic E-state index is 12.7. The van der Waals surface area contributed by atoms with Crippen molar-refractivity contribution in [1.82, 2.24) is 4.90 Å². The van der Waals surface area contributed by atoms with Crippen molar-refractivity contribution in [3.05, 3.63) is 83.9 Å². The number of carbonyl (C=O) groups is 3. The predicted molar refractivity (Wildman–Crippen MR) is 149 cm³/mol. The van der Waals surface area contributed by atoms with Crippen LogP contribution in [0.3, 0.4) is 0 Å². The molecule has 7 nitrogen and oxygen atoms in total. The largest absolute Gasteiger partial charge is 0.465 e. The Kier molecular flexibility index (Phi) is 7.84. The minimum absolute atomic E-state index is 0.0657. The molecule has 1 atom stereocenters. The van der Waals surface area contributed by atoms with Gasteiger partial charge in [0.25, 0.3) is 0 Å². The van der Waals surface area contributed by atoms with Crippen LogP contribution in [0.2, 0.25) is 0 Å². The molecular formula is C31H33N3O4. The van der Waals surface area contributed by atoms with E-state index in [4.69, 9.17) is 0 Å². The summed E-state index contributed by atoms with van der Waals surface area (Å²) >= 11 is 0. The van der Waals surface area contributed by atoms with E-state index in [0.717, 1.165) is 61.1 Å². The van der Waals surface area contributed by atoms with Crippen LogP contribution in [0.25, 0.3) is 11.1 Å². The van der Waals surface area contributed by atoms with E-state index in [1.165, 1.54) is 0 Å². The van der Waals surface area contributed by atoms with Gasteiger partial charge in [0.05, 0.1) is 11.7 Å². The predicted octanol–water partition coefficient (Wildman–Crippen LogP) is 5.71. The van der Waals surface area contributed by atoms with Crippen molar-refractivity contribution in [2.75, 3.05) is 29.9 Å². The van der Waals surface area contributed by atoms with Crippen LogP contribution in [0.5, 0.6) is 0 Å². The van der Waals surface area contributed by atoms with Gasteiger partial charge in [-0.2, -0.15) is 0 Å². The third kappa shape index (κ3) is 5.78. The van der Waals surface area contributed by atoms with Gasteiger partial charge in [-0.3, -0.25) is 14.5 Å². The van der Waals surface area contributed by atoms with E-state index in [9.17, 15) is 19.5 Å². The Morgan fingerprint density at radius 2 is 1.74 bits per heavy atom. The molecule has 3 aliphatic heterocycles. The van der Waals surface area contributed by atoms with E-state index in [-0.39, 0.29) is 11.9 Å². The number of hydrogen-bond donors (Lipinski definition) is 2. The molecule has 38 heavy (non-hydrogen) atoms. The van der Waals surface area contributed by atoms with Gasteiger partial charge in [0.2, 0.25) is 5.91 Å². The van der Waals surface area contributed by atoms with Crippen molar-refractivity contribution in [3.63, 3.8) is 0 Å². The number of aldehydes is 1. The van der Waals surface area contributed by atoms with Crippen LogP contribution in [0, 0.1) is 5.92 Å². The molecule has 0 aliphatic carbocycles. The Morgan fingerprint density at radius 1 is 1.00 bits per heavy atom. The summed E-state index contributed by atoms with van der Waals surface area (Å²) in [5.41, 5.74) is 4.84. The number of hydrogen-bond acceptors (Lipinski definition) is 4. The van der Waals surface area contributed by atoms with Crippen molar-refractivity contribution in [3.8, 4) is 11.1 Å². The maximum Gasteiger partial charge on any atom is 0.412 e. The summed E-state index contributed by atoms with van der Waals surface area (Å²) in [7, 11) is 0. The van der Waals surface area contributed by atoms with E-state index >= 15 is 0 Å². The lowest BCUT2D eigenvalue weighted by atomic mass is 9.82. The van der Waals surface area contributed by atoms with E-state index in [0.29, 0.717) is 36.4 Å². The average molecular weight is 512 g/mol. The van der Waals surface area contributed by atoms with Crippen molar-refractivity contribution < 1.29 is 19.5 Å². The average Bonchev–Trinajstić information content (AvgIpc) is 2.95. The molecule has 1 unspecified atom stereocenters. The second kappa shape index (κ2) is 11.6. The number of aryl methyl sites for hydroxylation is 1. The number of carbonyl (C=O) groups excluding carboxylic acids is 2. The smallest absolute Gasteiger partial charge is 0.412 e. The van der Waals surface area contributed by atoms with Gasteiger partial charge in [0, 0.05) is 29.8 Å². The van der Waals surface area contributed by atoms with Crippen molar-refractivity contribution in [1.29, 1.82) is 0 Å². The van der Waals surface area contributed by atoms with Crippen LogP contribution in [-0.2, 0) is 11.2 Å². The number of benzene rings is 3. The quantitative estimate of drug-likeness (QED) is 0.360. The zero-order valence-electron chi connectivity index (χ0n) is 21.4. The highest BCUT2D eigenvalue weighted by Gasteiger charge is 2.40. The fourth-order valence-corrected chi connectivity index (χ4v) is 5.77. The summed E-state index contributed by atoms with van der Waals surface area (Å²) < 4.78 is 0. The zero-order chi connectivity index (χ0) is 26.5. The SMILES string of the molecule is O=Cc1ccc(NC(=O)CCCc2ccc(-c3ccccc3)c(N(C(=O)O)C3CN4CCC3CC4)c2)cc1. The fraction of sp³-hybridized carbons (Fsp3) is 0.323. The molecule has 2 N–H and O–H groups in total. The summed E-state index contributed by atoms with van der Waals surface area (Å²) in [6.45, 7) is 2.86. The fourth-order valence-electron chi connectivity index (χ4n) is 5.77. The Bertz CT molecular complexity index is 1280. The van der Waals surface area contributed by atoms with Gasteiger partial charge in [-0.15, -0.1) is 0 Å². The number of nitrogens with one attached hydrogen (secondary N) is 1. The summed E-state index contributed by atoms with van der Waals surface area (Å²) in [6, 6.07) is 22.7. The molecule has 3 saturated heterocycles. The van der Waals surface area contributed by atoms with Crippen LogP contribution >= 0.6 is 0 Å². The first-order chi connectivity index (χ1) is 18.5. The zero-order valence-corrected chi connectivity index (χ0v) is 21.4. The van der Waals surface area contributed by atoms with Crippen LogP contribution in [0.4, 0.5) is 16.2 Å². The highest BCUT2D eigenvalue weighted by Crippen LogP contribution is 2.39. The molecule has 3 aromatic rings. The minimum atomic E-state index is -0.918. The Labute approximate surface area is 223 Å². The second-order valence-electron chi connectivity index (χ2n) is 10.2. The molecule has 0 spiro atoms. The number of carboxylic acid groups (broad SMARTS) is 1. The number of nitrogens with zero attached hydrogens (tertiary/aromatic N) is 2. The number of amides is 2. The van der Waals surface area contributed by atoms with E-state index in [2.05, 4.69) is 10.2 Å². The highest BCUT2D eigenvalue weighted by atomic mass is 16.4. The Hall–Kier alpha value is -3.97. The highest BCUT2D eigenvalue weighted by molar-refractivity contribution is 5.94. The monoisotopic (exact) mass is 511 g/mol. The molecule has 3 heterocycles. The minimum Gasteiger partial charge on any atom is -0.465 e. The lowest BCUT2D eigenvalue weighted by Crippen LogP contribution is -2.59. The van der Waals surface area contributed by atoms with Gasteiger partial charge in [0.15, 0.2) is 0 Å². The molecule has 0 saturated carbocycles. The van der Waals surface area contributed by atoms with Crippen molar-refractivity contribution in [2.24, 2.45) is 5.92 Å². The first kappa shape index (κ1) is 25.7. The first-order valence-electron chi connectivity index (χ1n) is 13.3. The molecule has 3 fully saturated rings. The molecule has 0 radical (unpaired) electrons. The molecule has 196 valence electrons. The standard InChI is InChI=1S/C31H33N3O4/c35-21-23-9-12-26(13-10-23)32-30(36)8-4-5-22-11-14-27(24-6-2-1-3-7-24)28(19-22)34(31(37)38)29-20-33-17-15-25(29)16-18-33/h1-3,6-7,9-14,19,21,25,29H,4-5,8,15-18,20H2,(H,32,36)(H,37,38). The lowest BCUT2D eigenvalue weighted by Gasteiger charge is -2.48. The summed E-state index contributed by atoms with van der Waals surface area (Å²) in [4.78, 5) is 40.0. The second-order valence-corrected chi connectivity index (χ2v) is 10.2. The van der Waals surface area contributed by atoms with E-state index < -0.39 is 6.09 Å². The Morgan fingerprint density at radius 3 is 2.37 bits per heavy atom. The number of rotatable bonds is 9. The molecule has 3 aromatic carbocycles. The molecule has 7 heteroatoms. The van der Waals surface area contributed by atoms with Crippen molar-refractivity contribution >= 4 is 29.7 Å². The summed E-state index contributed by atoms with van der Waals surface area (Å²) in [5.74, 6) is 0.275. The van der Waals surface area contributed by atoms with Crippen LogP contribution in [-0.4, -0.2) is 54.0 Å². The van der Waals surface area contributed by atoms with Crippen LogP contribution < -0.4 is 10.2 Å². The van der Waals surface area contributed by atoms with Crippen LogP contribution in [0.15, 0.2) is 72.8 Å². The van der Waals surface area contributed by atoms with E-state index in [1.54, 1.807) is 29.2 Å². The molecule has 2 amide bonds. The van der Waals surface area contributed by atoms with Gasteiger partial charge in [-0.25, -0.2) is 4.79 Å². The van der Waals surface area contributed by atoms with Gasteiger partial charge in [-0.05, 0) is 86.1 Å². The van der Waals surface area contributed by atoms with E-state index in [1.807, 2.05) is 48.5 Å². The molecular weight excluding hydrogens is 478 g/mol. The van der Waals surface area contributed by atoms with Gasteiger partial charge >= 0.3 is 6.09 Å². The molecule has 3 aliphatic rings. The third-order valence-electron chi connectivity index (χ3n) is 7.77. The molecule has 0 aromatic heterocycles. The lowest BCUT2D eigenvalue weighted by molar-refractivity contribution is -0.116. The number of piperidine rings is 3. The Balaban J connectivity index is 1.34. The van der Waals surface area contributed by atoms with Gasteiger partial charge in [0.1, 0.15) is 6.29 Å². The summed E-state index contributed by atoms with van der Waals surface area (Å²) in [5, 5.41) is 13.3. The normalized spacial score (nSPS) is 20.1. The topological polar surface area (TPSA) is 90.0 Å². The van der Waals surface area contributed by atoms with Crippen LogP contribution in [0.1, 0.15) is 41.6 Å². The number of fused-ring (bicyclic) bond motifs is 3. The summed E-state index contributed by atoms with van der Waals surface area (Å²) in [6.07, 6.45) is 3.54. The first-order valence-corrected chi connectivity index (χ1v) is 13.3. The maximum atomic E-state index is 12.7. The van der Waals surface area contributed by atoms with Gasteiger partial charge in [-0.1, -0.05) is 42.5 Å². The van der Waals surface area contributed by atoms with Crippen molar-refractivity contribution in [2.45, 2.75) is 38.1 Å². The molecule has 2 bridgehead atoms. The van der Waals surface area contributed by atoms with Gasteiger partial charge < -0.3 is 15.3 Å². The third-order valence-corrected chi connectivity index (χ3v) is 7.77. The molecule has 6 rings (SSSR count).